The summed E-state index contributed by atoms with van der Waals surface area (Å²) in [5.41, 5.74) is 2.68. The number of amidine groups is 1. The van der Waals surface area contributed by atoms with Crippen molar-refractivity contribution in [2.45, 2.75) is 32.9 Å². The van der Waals surface area contributed by atoms with Gasteiger partial charge in [0, 0.05) is 13.1 Å². The molecule has 0 saturated heterocycles. The maximum atomic E-state index is 12.9. The molecule has 3 aromatic rings. The van der Waals surface area contributed by atoms with Crippen LogP contribution >= 0.6 is 11.6 Å². The van der Waals surface area contributed by atoms with Crippen LogP contribution in [0, 0.1) is 0 Å². The fraction of sp³-hybridized carbons (Fsp3) is 0.231. The Morgan fingerprint density at radius 1 is 0.903 bits per heavy atom. The van der Waals surface area contributed by atoms with Crippen LogP contribution in [0.25, 0.3) is 0 Å². The average molecular weight is 435 g/mol. The Kier molecular flexibility index (Phi) is 8.25. The van der Waals surface area contributed by atoms with E-state index in [9.17, 15) is 4.79 Å². The molecule has 3 aromatic carbocycles. The number of hydrogen-bond acceptors (Lipinski definition) is 2. The molecule has 5 heteroatoms. The third-order valence-electron chi connectivity index (χ3n) is 4.64. The summed E-state index contributed by atoms with van der Waals surface area (Å²) in [6, 6.07) is 27.6. The van der Waals surface area contributed by atoms with E-state index < -0.39 is 5.91 Å². The highest BCUT2D eigenvalue weighted by Crippen LogP contribution is 2.17. The topological polar surface area (TPSA) is 41.9 Å². The Hall–Kier alpha value is -3.11. The van der Waals surface area contributed by atoms with Gasteiger partial charge in [-0.3, -0.25) is 4.79 Å². The molecular weight excluding hydrogens is 408 g/mol. The van der Waals surface area contributed by atoms with E-state index in [4.69, 9.17) is 16.3 Å². The molecule has 0 spiro atoms. The Morgan fingerprint density at radius 3 is 2.10 bits per heavy atom. The van der Waals surface area contributed by atoms with Gasteiger partial charge >= 0.3 is 0 Å². The second-order valence-corrected chi connectivity index (χ2v) is 7.90. The van der Waals surface area contributed by atoms with E-state index in [1.54, 1.807) is 24.3 Å². The normalized spacial score (nSPS) is 11.4. The molecule has 31 heavy (non-hydrogen) atoms. The summed E-state index contributed by atoms with van der Waals surface area (Å²) in [5.74, 6) is -0.418. The second kappa shape index (κ2) is 11.3. The maximum Gasteiger partial charge on any atom is 0.296 e. The van der Waals surface area contributed by atoms with Gasteiger partial charge in [-0.05, 0) is 43.5 Å². The first-order valence-electron chi connectivity index (χ1n) is 10.4. The van der Waals surface area contributed by atoms with E-state index in [-0.39, 0.29) is 6.10 Å². The van der Waals surface area contributed by atoms with Crippen LogP contribution in [-0.4, -0.2) is 29.5 Å². The maximum absolute atomic E-state index is 12.9. The Bertz CT molecular complexity index is 1000. The van der Waals surface area contributed by atoms with Gasteiger partial charge < -0.3 is 9.64 Å². The molecule has 0 aliphatic rings. The molecule has 3 rings (SSSR count). The molecule has 0 radical (unpaired) electrons. The number of rotatable bonds is 7. The fourth-order valence-corrected chi connectivity index (χ4v) is 3.34. The third-order valence-corrected chi connectivity index (χ3v) is 4.97. The fourth-order valence-electron chi connectivity index (χ4n) is 3.12. The minimum absolute atomic E-state index is 0.132. The summed E-state index contributed by atoms with van der Waals surface area (Å²) in [6.07, 6.45) is 0.668. The zero-order valence-electron chi connectivity index (χ0n) is 17.9. The van der Waals surface area contributed by atoms with Crippen molar-refractivity contribution in [3.05, 3.63) is 107 Å². The first-order valence-corrected chi connectivity index (χ1v) is 10.8. The zero-order chi connectivity index (χ0) is 22.1. The number of amides is 1. The van der Waals surface area contributed by atoms with Gasteiger partial charge in [0.25, 0.3) is 11.9 Å². The smallest absolute Gasteiger partial charge is 0.296 e. The van der Waals surface area contributed by atoms with Crippen LogP contribution in [0.15, 0.2) is 89.9 Å². The SMILES string of the molecule is CC(C)OC(=NC(=O)c1ccccc1Cl)N(CCc1ccccc1)Cc1ccccc1. The average Bonchev–Trinajstić information content (AvgIpc) is 2.77. The number of benzene rings is 3. The van der Waals surface area contributed by atoms with Crippen molar-refractivity contribution < 1.29 is 9.53 Å². The summed E-state index contributed by atoms with van der Waals surface area (Å²) >= 11 is 6.21. The van der Waals surface area contributed by atoms with Crippen LogP contribution in [0.2, 0.25) is 5.02 Å². The largest absolute Gasteiger partial charge is 0.462 e. The molecule has 0 saturated carbocycles. The number of ether oxygens (including phenoxy) is 1. The molecule has 0 fully saturated rings. The van der Waals surface area contributed by atoms with Crippen LogP contribution < -0.4 is 0 Å². The standard InChI is InChI=1S/C26H27ClN2O2/c1-20(2)31-26(28-25(30)23-15-9-10-16-24(23)27)29(19-22-13-7-4-8-14-22)18-17-21-11-5-3-6-12-21/h3-16,20H,17-19H2,1-2H3. The molecule has 0 atom stereocenters. The van der Waals surface area contributed by atoms with Crippen LogP contribution in [0.5, 0.6) is 0 Å². The lowest BCUT2D eigenvalue weighted by Crippen LogP contribution is -2.36. The van der Waals surface area contributed by atoms with Gasteiger partial charge in [-0.1, -0.05) is 84.4 Å². The second-order valence-electron chi connectivity index (χ2n) is 7.49. The van der Waals surface area contributed by atoms with Crippen molar-refractivity contribution in [2.24, 2.45) is 4.99 Å². The van der Waals surface area contributed by atoms with Gasteiger partial charge in [0.2, 0.25) is 0 Å². The molecule has 0 aliphatic heterocycles. The number of aliphatic imine (C=N–C) groups is 1. The van der Waals surface area contributed by atoms with Crippen molar-refractivity contribution in [2.75, 3.05) is 6.54 Å². The van der Waals surface area contributed by atoms with Crippen molar-refractivity contribution in [3.63, 3.8) is 0 Å². The van der Waals surface area contributed by atoms with Gasteiger partial charge in [-0.25, -0.2) is 0 Å². The summed E-state index contributed by atoms with van der Waals surface area (Å²) in [4.78, 5) is 19.3. The predicted molar refractivity (Wildman–Crippen MR) is 126 cm³/mol. The van der Waals surface area contributed by atoms with E-state index in [0.29, 0.717) is 29.7 Å². The molecule has 0 unspecified atom stereocenters. The number of carbonyl (C=O) groups is 1. The summed E-state index contributed by atoms with van der Waals surface area (Å²) in [7, 11) is 0. The van der Waals surface area contributed by atoms with Gasteiger partial charge in [-0.2, -0.15) is 4.99 Å². The molecule has 0 aromatic heterocycles. The Balaban J connectivity index is 1.91. The van der Waals surface area contributed by atoms with Gasteiger partial charge in [0.05, 0.1) is 16.7 Å². The highest BCUT2D eigenvalue weighted by molar-refractivity contribution is 6.34. The van der Waals surface area contributed by atoms with E-state index in [0.717, 1.165) is 12.0 Å². The predicted octanol–water partition coefficient (Wildman–Crippen LogP) is 6.01. The van der Waals surface area contributed by atoms with Gasteiger partial charge in [0.1, 0.15) is 0 Å². The monoisotopic (exact) mass is 434 g/mol. The number of halogens is 1. The van der Waals surface area contributed by atoms with Crippen molar-refractivity contribution in [3.8, 4) is 0 Å². The van der Waals surface area contributed by atoms with E-state index in [1.165, 1.54) is 5.56 Å². The lowest BCUT2D eigenvalue weighted by Gasteiger charge is -2.27. The summed E-state index contributed by atoms with van der Waals surface area (Å²) < 4.78 is 6.02. The van der Waals surface area contributed by atoms with Crippen LogP contribution in [0.4, 0.5) is 0 Å². The minimum atomic E-state index is -0.418. The molecule has 0 bridgehead atoms. The molecule has 4 nitrogen and oxygen atoms in total. The number of nitrogens with zero attached hydrogens (tertiary/aromatic N) is 2. The van der Waals surface area contributed by atoms with Crippen molar-refractivity contribution >= 4 is 23.5 Å². The quantitative estimate of drug-likeness (QED) is 0.338. The Morgan fingerprint density at radius 2 is 1.48 bits per heavy atom. The highest BCUT2D eigenvalue weighted by atomic mass is 35.5. The molecule has 0 aliphatic carbocycles. The molecule has 0 heterocycles. The number of carbonyl (C=O) groups excluding carboxylic acids is 1. The van der Waals surface area contributed by atoms with E-state index in [1.807, 2.05) is 55.1 Å². The zero-order valence-corrected chi connectivity index (χ0v) is 18.6. The molecule has 0 N–H and O–H groups in total. The number of hydrogen-bond donors (Lipinski definition) is 0. The Labute approximate surface area is 189 Å². The first kappa shape index (κ1) is 22.6. The van der Waals surface area contributed by atoms with Crippen LogP contribution in [0.3, 0.4) is 0 Å². The van der Waals surface area contributed by atoms with Gasteiger partial charge in [-0.15, -0.1) is 0 Å². The molecule has 1 amide bonds. The molecular formula is C26H27ClN2O2. The lowest BCUT2D eigenvalue weighted by atomic mass is 10.1. The summed E-state index contributed by atoms with van der Waals surface area (Å²) in [6.45, 7) is 5.08. The molecule has 160 valence electrons. The summed E-state index contributed by atoms with van der Waals surface area (Å²) in [5, 5.41) is 0.374. The first-order chi connectivity index (χ1) is 15.0. The van der Waals surface area contributed by atoms with Crippen molar-refractivity contribution in [1.29, 1.82) is 0 Å². The van der Waals surface area contributed by atoms with Gasteiger partial charge in [0.15, 0.2) is 0 Å². The van der Waals surface area contributed by atoms with Crippen molar-refractivity contribution in [1.82, 2.24) is 4.90 Å². The minimum Gasteiger partial charge on any atom is -0.462 e. The van der Waals surface area contributed by atoms with E-state index in [2.05, 4.69) is 29.3 Å². The third kappa shape index (κ3) is 6.97. The van der Waals surface area contributed by atoms with Crippen LogP contribution in [-0.2, 0) is 17.7 Å². The lowest BCUT2D eigenvalue weighted by molar-refractivity contribution is 0.0987. The van der Waals surface area contributed by atoms with E-state index >= 15 is 0 Å². The highest BCUT2D eigenvalue weighted by Gasteiger charge is 2.19. The van der Waals surface area contributed by atoms with Crippen LogP contribution in [0.1, 0.15) is 35.3 Å².